The van der Waals surface area contributed by atoms with Gasteiger partial charge in [-0.2, -0.15) is 0 Å². The highest BCUT2D eigenvalue weighted by Crippen LogP contribution is 2.20. The van der Waals surface area contributed by atoms with Crippen molar-refractivity contribution in [1.82, 2.24) is 4.57 Å². The van der Waals surface area contributed by atoms with Gasteiger partial charge in [0.2, 0.25) is 0 Å². The molecule has 0 radical (unpaired) electrons. The van der Waals surface area contributed by atoms with Crippen molar-refractivity contribution in [2.24, 2.45) is 5.73 Å². The molecule has 3 nitrogen and oxygen atoms in total. The topological polar surface area (TPSA) is 51.2 Å². The quantitative estimate of drug-likeness (QED) is 0.753. The average molecular weight is 218 g/mol. The zero-order valence-corrected chi connectivity index (χ0v) is 9.39. The molecule has 0 fully saturated rings. The molecule has 16 heavy (non-hydrogen) atoms. The Bertz CT molecular complexity index is 462. The first-order valence-corrected chi connectivity index (χ1v) is 5.74. The maximum absolute atomic E-state index is 8.78. The summed E-state index contributed by atoms with van der Waals surface area (Å²) < 4.78 is 2.23. The lowest BCUT2D eigenvalue weighted by Crippen LogP contribution is -2.03. The Balaban J connectivity index is 2.30. The molecule has 1 aromatic heterocycles. The van der Waals surface area contributed by atoms with E-state index in [2.05, 4.69) is 29.0 Å². The Labute approximate surface area is 95.5 Å². The minimum atomic E-state index is 0.267. The highest BCUT2D eigenvalue weighted by Gasteiger charge is 2.04. The first kappa shape index (κ1) is 11.2. The lowest BCUT2D eigenvalue weighted by molar-refractivity contribution is 0.281. The highest BCUT2D eigenvalue weighted by molar-refractivity contribution is 5.83. The fraction of sp³-hybridized carbons (Fsp3) is 0.385. The number of nitrogens with two attached hydrogens (primary N) is 1. The van der Waals surface area contributed by atoms with Crippen molar-refractivity contribution in [3.63, 3.8) is 0 Å². The van der Waals surface area contributed by atoms with E-state index in [1.165, 1.54) is 16.5 Å². The molecule has 0 saturated carbocycles. The number of nitrogens with zero attached hydrogens (tertiary/aromatic N) is 1. The Morgan fingerprint density at radius 1 is 1.19 bits per heavy atom. The number of fused-ring (bicyclic) bond motifs is 1. The lowest BCUT2D eigenvalue weighted by atomic mass is 10.1. The van der Waals surface area contributed by atoms with Crippen LogP contribution in [0.3, 0.4) is 0 Å². The van der Waals surface area contributed by atoms with E-state index in [4.69, 9.17) is 10.8 Å². The summed E-state index contributed by atoms with van der Waals surface area (Å²) in [6.45, 7) is 1.78. The number of aliphatic hydroxyl groups is 1. The molecule has 2 rings (SSSR count). The normalized spacial score (nSPS) is 11.1. The molecular weight excluding hydrogens is 200 g/mol. The van der Waals surface area contributed by atoms with E-state index in [9.17, 15) is 0 Å². The van der Waals surface area contributed by atoms with Crippen LogP contribution in [0.2, 0.25) is 0 Å². The van der Waals surface area contributed by atoms with Gasteiger partial charge in [0.05, 0.1) is 5.52 Å². The predicted octanol–water partition coefficient (Wildman–Crippen LogP) is 1.87. The molecule has 0 unspecified atom stereocenters. The van der Waals surface area contributed by atoms with E-state index in [0.29, 0.717) is 6.54 Å². The highest BCUT2D eigenvalue weighted by atomic mass is 16.2. The van der Waals surface area contributed by atoms with E-state index in [0.717, 1.165) is 19.4 Å². The van der Waals surface area contributed by atoms with Gasteiger partial charge in [-0.1, -0.05) is 18.2 Å². The van der Waals surface area contributed by atoms with Crippen molar-refractivity contribution in [1.29, 1.82) is 0 Å². The number of aliphatic hydroxyl groups excluding tert-OH is 1. The molecule has 0 aliphatic rings. The number of benzene rings is 1. The Hall–Kier alpha value is -1.32. The molecule has 0 amide bonds. The Morgan fingerprint density at radius 3 is 2.81 bits per heavy atom. The number of aromatic nitrogens is 1. The van der Waals surface area contributed by atoms with E-state index in [1.807, 2.05) is 6.07 Å². The molecule has 0 aliphatic carbocycles. The molecule has 0 saturated heterocycles. The number of para-hydroxylation sites is 1. The molecule has 0 spiro atoms. The van der Waals surface area contributed by atoms with E-state index < -0.39 is 0 Å². The third-order valence-electron chi connectivity index (χ3n) is 2.90. The first-order valence-electron chi connectivity index (χ1n) is 5.74. The predicted molar refractivity (Wildman–Crippen MR) is 66.1 cm³/mol. The number of unbranched alkanes of at least 4 members (excludes halogenated alkanes) is 1. The summed E-state index contributed by atoms with van der Waals surface area (Å²) in [5, 5.41) is 10.0. The van der Waals surface area contributed by atoms with Crippen molar-refractivity contribution in [2.75, 3.05) is 6.61 Å². The van der Waals surface area contributed by atoms with Crippen LogP contribution in [-0.4, -0.2) is 16.3 Å². The average Bonchev–Trinajstić information content (AvgIpc) is 2.73. The maximum atomic E-state index is 8.78. The van der Waals surface area contributed by atoms with Gasteiger partial charge in [-0.3, -0.25) is 0 Å². The smallest absolute Gasteiger partial charge is 0.0525 e. The summed E-state index contributed by atoms with van der Waals surface area (Å²) >= 11 is 0. The third-order valence-corrected chi connectivity index (χ3v) is 2.90. The van der Waals surface area contributed by atoms with Crippen LogP contribution in [0.1, 0.15) is 18.4 Å². The van der Waals surface area contributed by atoms with Crippen molar-refractivity contribution in [3.05, 3.63) is 36.0 Å². The van der Waals surface area contributed by atoms with Crippen LogP contribution in [0.4, 0.5) is 0 Å². The second-order valence-electron chi connectivity index (χ2n) is 4.00. The minimum absolute atomic E-state index is 0.267. The van der Waals surface area contributed by atoms with E-state index in [1.54, 1.807) is 0 Å². The fourth-order valence-electron chi connectivity index (χ4n) is 2.09. The molecule has 1 heterocycles. The monoisotopic (exact) mass is 218 g/mol. The summed E-state index contributed by atoms with van der Waals surface area (Å²) in [4.78, 5) is 0. The standard InChI is InChI=1S/C13H18N2O/c14-10-12-5-3-4-11-6-8-15(13(11)12)7-1-2-9-16/h3-6,8,16H,1-2,7,9-10,14H2. The van der Waals surface area contributed by atoms with Crippen LogP contribution < -0.4 is 5.73 Å². The molecule has 3 heteroatoms. The van der Waals surface area contributed by atoms with Crippen molar-refractivity contribution in [3.8, 4) is 0 Å². The number of rotatable bonds is 5. The van der Waals surface area contributed by atoms with E-state index >= 15 is 0 Å². The lowest BCUT2D eigenvalue weighted by Gasteiger charge is -2.08. The van der Waals surface area contributed by atoms with Crippen LogP contribution >= 0.6 is 0 Å². The number of hydrogen-bond donors (Lipinski definition) is 2. The van der Waals surface area contributed by atoms with Crippen molar-refractivity contribution >= 4 is 10.9 Å². The molecule has 1 aromatic carbocycles. The molecule has 0 atom stereocenters. The molecule has 2 aromatic rings. The van der Waals surface area contributed by atoms with E-state index in [-0.39, 0.29) is 6.61 Å². The largest absolute Gasteiger partial charge is 0.396 e. The van der Waals surface area contributed by atoms with Gasteiger partial charge in [0.25, 0.3) is 0 Å². The Kier molecular flexibility index (Phi) is 3.59. The maximum Gasteiger partial charge on any atom is 0.0525 e. The molecule has 0 bridgehead atoms. The summed E-state index contributed by atoms with van der Waals surface area (Å²) in [6, 6.07) is 8.35. The van der Waals surface area contributed by atoms with Gasteiger partial charge in [0.15, 0.2) is 0 Å². The van der Waals surface area contributed by atoms with Crippen molar-refractivity contribution in [2.45, 2.75) is 25.9 Å². The van der Waals surface area contributed by atoms with Crippen LogP contribution in [0.15, 0.2) is 30.5 Å². The van der Waals surface area contributed by atoms with Crippen LogP contribution in [-0.2, 0) is 13.1 Å². The van der Waals surface area contributed by atoms with Gasteiger partial charge in [0, 0.05) is 25.9 Å². The van der Waals surface area contributed by atoms with Gasteiger partial charge in [-0.15, -0.1) is 0 Å². The zero-order valence-electron chi connectivity index (χ0n) is 9.39. The zero-order chi connectivity index (χ0) is 11.4. The van der Waals surface area contributed by atoms with Crippen LogP contribution in [0, 0.1) is 0 Å². The first-order chi connectivity index (χ1) is 7.86. The summed E-state index contributed by atoms with van der Waals surface area (Å²) in [5.74, 6) is 0. The van der Waals surface area contributed by atoms with Crippen LogP contribution in [0.25, 0.3) is 10.9 Å². The molecular formula is C13H18N2O. The molecule has 3 N–H and O–H groups in total. The third kappa shape index (κ3) is 2.10. The van der Waals surface area contributed by atoms with Gasteiger partial charge >= 0.3 is 0 Å². The van der Waals surface area contributed by atoms with Gasteiger partial charge in [-0.05, 0) is 29.9 Å². The summed E-state index contributed by atoms with van der Waals surface area (Å²) in [6.07, 6.45) is 3.95. The molecule has 86 valence electrons. The SMILES string of the molecule is NCc1cccc2ccn(CCCCO)c12. The molecule has 0 aliphatic heterocycles. The summed E-state index contributed by atoms with van der Waals surface area (Å²) in [7, 11) is 0. The van der Waals surface area contributed by atoms with Gasteiger partial charge in [0.1, 0.15) is 0 Å². The minimum Gasteiger partial charge on any atom is -0.396 e. The summed E-state index contributed by atoms with van der Waals surface area (Å²) in [5.41, 5.74) is 8.17. The second kappa shape index (κ2) is 5.14. The number of aryl methyl sites for hydroxylation is 1. The fourth-order valence-corrected chi connectivity index (χ4v) is 2.09. The number of hydrogen-bond acceptors (Lipinski definition) is 2. The van der Waals surface area contributed by atoms with Crippen molar-refractivity contribution < 1.29 is 5.11 Å². The van der Waals surface area contributed by atoms with Crippen LogP contribution in [0.5, 0.6) is 0 Å². The second-order valence-corrected chi connectivity index (χ2v) is 4.00. The van der Waals surface area contributed by atoms with Gasteiger partial charge in [-0.25, -0.2) is 0 Å². The van der Waals surface area contributed by atoms with Gasteiger partial charge < -0.3 is 15.4 Å². The Morgan fingerprint density at radius 2 is 2.06 bits per heavy atom.